The average Bonchev–Trinajstić information content (AvgIpc) is 3.05. The molecule has 1 saturated heterocycles. The number of amides is 1. The number of ether oxygens (including phenoxy) is 1. The Balaban J connectivity index is 1.56. The summed E-state index contributed by atoms with van der Waals surface area (Å²) < 4.78 is 7.21. The normalized spacial score (nSPS) is 17.9. The molecule has 1 aromatic carbocycles. The lowest BCUT2D eigenvalue weighted by molar-refractivity contribution is -0.131. The molecular weight excluding hydrogens is 292 g/mol. The lowest BCUT2D eigenvalue weighted by Gasteiger charge is -2.25. The number of rotatable bonds is 5. The molecule has 1 aliphatic heterocycles. The van der Waals surface area contributed by atoms with Crippen molar-refractivity contribution >= 4 is 5.91 Å². The third-order valence-electron chi connectivity index (χ3n) is 3.92. The molecule has 1 fully saturated rings. The van der Waals surface area contributed by atoms with Crippen LogP contribution in [0.2, 0.25) is 0 Å². The molecule has 0 saturated carbocycles. The van der Waals surface area contributed by atoms with E-state index in [9.17, 15) is 4.79 Å². The molecule has 0 aliphatic carbocycles. The quantitative estimate of drug-likeness (QED) is 0.901. The smallest absolute Gasteiger partial charge is 0.224 e. The van der Waals surface area contributed by atoms with Crippen molar-refractivity contribution in [3.8, 4) is 5.69 Å². The summed E-state index contributed by atoms with van der Waals surface area (Å²) in [6.07, 6.45) is 4.23. The topological polar surface area (TPSA) is 59.4 Å². The fourth-order valence-electron chi connectivity index (χ4n) is 2.64. The van der Waals surface area contributed by atoms with Crippen molar-refractivity contribution < 1.29 is 9.53 Å². The molecule has 2 aromatic rings. The molecule has 6 nitrogen and oxygen atoms in total. The standard InChI is InChI=1S/C17H22N4O2/c1-20(17(22)9-15-13-23-8-7-18-15)11-14-10-19-21(12-14)16-5-3-2-4-6-16/h2-6,10,12,15,18H,7-9,11,13H2,1H3. The first-order valence-electron chi connectivity index (χ1n) is 7.86. The molecule has 0 radical (unpaired) electrons. The van der Waals surface area contributed by atoms with Crippen molar-refractivity contribution in [3.05, 3.63) is 48.3 Å². The molecule has 1 atom stereocenters. The molecule has 6 heteroatoms. The fourth-order valence-corrected chi connectivity index (χ4v) is 2.64. The second-order valence-corrected chi connectivity index (χ2v) is 5.81. The highest BCUT2D eigenvalue weighted by Gasteiger charge is 2.19. The zero-order valence-electron chi connectivity index (χ0n) is 13.3. The Morgan fingerprint density at radius 1 is 1.43 bits per heavy atom. The number of benzene rings is 1. The van der Waals surface area contributed by atoms with Gasteiger partial charge in [-0.3, -0.25) is 4.79 Å². The fraction of sp³-hybridized carbons (Fsp3) is 0.412. The third-order valence-corrected chi connectivity index (χ3v) is 3.92. The van der Waals surface area contributed by atoms with Crippen LogP contribution in [0.5, 0.6) is 0 Å². The first-order valence-corrected chi connectivity index (χ1v) is 7.86. The Bertz CT molecular complexity index is 635. The van der Waals surface area contributed by atoms with Crippen LogP contribution in [0.4, 0.5) is 0 Å². The van der Waals surface area contributed by atoms with Gasteiger partial charge in [-0.15, -0.1) is 0 Å². The van der Waals surface area contributed by atoms with E-state index in [1.165, 1.54) is 0 Å². The predicted molar refractivity (Wildman–Crippen MR) is 87.3 cm³/mol. The second kappa shape index (κ2) is 7.39. The summed E-state index contributed by atoms with van der Waals surface area (Å²) in [5.41, 5.74) is 2.02. The Morgan fingerprint density at radius 2 is 2.26 bits per heavy atom. The van der Waals surface area contributed by atoms with Crippen LogP contribution in [0.1, 0.15) is 12.0 Å². The first kappa shape index (κ1) is 15.7. The Morgan fingerprint density at radius 3 is 3.00 bits per heavy atom. The molecule has 122 valence electrons. The van der Waals surface area contributed by atoms with Crippen LogP contribution in [0, 0.1) is 0 Å². The van der Waals surface area contributed by atoms with Crippen molar-refractivity contribution in [2.24, 2.45) is 0 Å². The molecule has 0 bridgehead atoms. The van der Waals surface area contributed by atoms with Crippen LogP contribution in [0.25, 0.3) is 5.69 Å². The minimum Gasteiger partial charge on any atom is -0.378 e. The molecule has 1 unspecified atom stereocenters. The molecule has 23 heavy (non-hydrogen) atoms. The van der Waals surface area contributed by atoms with E-state index in [-0.39, 0.29) is 11.9 Å². The van der Waals surface area contributed by atoms with Gasteiger partial charge in [-0.2, -0.15) is 5.10 Å². The number of aromatic nitrogens is 2. The van der Waals surface area contributed by atoms with E-state index in [0.29, 0.717) is 19.6 Å². The predicted octanol–water partition coefficient (Wildman–Crippen LogP) is 1.21. The van der Waals surface area contributed by atoms with E-state index in [1.807, 2.05) is 48.3 Å². The maximum atomic E-state index is 12.3. The van der Waals surface area contributed by atoms with Crippen molar-refractivity contribution in [2.75, 3.05) is 26.8 Å². The molecular formula is C17H22N4O2. The summed E-state index contributed by atoms with van der Waals surface area (Å²) in [6.45, 7) is 2.69. The molecule has 0 spiro atoms. The number of carbonyl (C=O) groups is 1. The van der Waals surface area contributed by atoms with E-state index < -0.39 is 0 Å². The van der Waals surface area contributed by atoms with Gasteiger partial charge in [-0.05, 0) is 12.1 Å². The zero-order valence-corrected chi connectivity index (χ0v) is 13.3. The highest BCUT2D eigenvalue weighted by Crippen LogP contribution is 2.10. The van der Waals surface area contributed by atoms with Crippen LogP contribution in [-0.2, 0) is 16.1 Å². The number of carbonyl (C=O) groups excluding carboxylic acids is 1. The number of nitrogens with zero attached hydrogens (tertiary/aromatic N) is 3. The number of para-hydroxylation sites is 1. The summed E-state index contributed by atoms with van der Waals surface area (Å²) in [5.74, 6) is 0.112. The maximum Gasteiger partial charge on any atom is 0.224 e. The molecule has 2 heterocycles. The van der Waals surface area contributed by atoms with Gasteiger partial charge in [0.2, 0.25) is 5.91 Å². The van der Waals surface area contributed by atoms with Crippen LogP contribution >= 0.6 is 0 Å². The Kier molecular flexibility index (Phi) is 5.05. The maximum absolute atomic E-state index is 12.3. The van der Waals surface area contributed by atoms with E-state index in [2.05, 4.69) is 10.4 Å². The van der Waals surface area contributed by atoms with Crippen LogP contribution < -0.4 is 5.32 Å². The monoisotopic (exact) mass is 314 g/mol. The Labute approximate surface area is 136 Å². The van der Waals surface area contributed by atoms with Gasteiger partial charge in [0.05, 0.1) is 25.1 Å². The minimum atomic E-state index is 0.112. The van der Waals surface area contributed by atoms with E-state index >= 15 is 0 Å². The zero-order chi connectivity index (χ0) is 16.1. The minimum absolute atomic E-state index is 0.112. The lowest BCUT2D eigenvalue weighted by Crippen LogP contribution is -2.44. The molecule has 1 N–H and O–H groups in total. The number of nitrogens with one attached hydrogen (secondary N) is 1. The van der Waals surface area contributed by atoms with Crippen molar-refractivity contribution in [1.29, 1.82) is 0 Å². The van der Waals surface area contributed by atoms with Gasteiger partial charge in [0.1, 0.15) is 0 Å². The van der Waals surface area contributed by atoms with Crippen LogP contribution in [-0.4, -0.2) is 53.4 Å². The summed E-state index contributed by atoms with van der Waals surface area (Å²) in [7, 11) is 1.83. The second-order valence-electron chi connectivity index (χ2n) is 5.81. The third kappa shape index (κ3) is 4.18. The van der Waals surface area contributed by atoms with Gasteiger partial charge in [0.25, 0.3) is 0 Å². The highest BCUT2D eigenvalue weighted by atomic mass is 16.5. The van der Waals surface area contributed by atoms with Gasteiger partial charge >= 0.3 is 0 Å². The molecule has 1 aliphatic rings. The highest BCUT2D eigenvalue weighted by molar-refractivity contribution is 5.76. The molecule has 1 amide bonds. The van der Waals surface area contributed by atoms with Crippen molar-refractivity contribution in [2.45, 2.75) is 19.0 Å². The summed E-state index contributed by atoms with van der Waals surface area (Å²) in [6, 6.07) is 10.0. The summed E-state index contributed by atoms with van der Waals surface area (Å²) in [4.78, 5) is 14.0. The van der Waals surface area contributed by atoms with Gasteiger partial charge in [-0.25, -0.2) is 4.68 Å². The number of morpholine rings is 1. The van der Waals surface area contributed by atoms with Crippen molar-refractivity contribution in [3.63, 3.8) is 0 Å². The SMILES string of the molecule is CN(Cc1cnn(-c2ccccc2)c1)C(=O)CC1COCCN1. The van der Waals surface area contributed by atoms with Gasteiger partial charge in [0.15, 0.2) is 0 Å². The van der Waals surface area contributed by atoms with E-state index in [4.69, 9.17) is 4.74 Å². The van der Waals surface area contributed by atoms with Crippen LogP contribution in [0.3, 0.4) is 0 Å². The molecule has 1 aromatic heterocycles. The van der Waals surface area contributed by atoms with Crippen LogP contribution in [0.15, 0.2) is 42.7 Å². The Hall–Kier alpha value is -2.18. The van der Waals surface area contributed by atoms with Gasteiger partial charge in [0, 0.05) is 44.4 Å². The van der Waals surface area contributed by atoms with E-state index in [0.717, 1.165) is 24.4 Å². The lowest BCUT2D eigenvalue weighted by atomic mass is 10.2. The van der Waals surface area contributed by atoms with Gasteiger partial charge < -0.3 is 15.0 Å². The van der Waals surface area contributed by atoms with E-state index in [1.54, 1.807) is 11.1 Å². The summed E-state index contributed by atoms with van der Waals surface area (Å²) in [5, 5.41) is 7.67. The van der Waals surface area contributed by atoms with Gasteiger partial charge in [-0.1, -0.05) is 18.2 Å². The number of hydrogen-bond donors (Lipinski definition) is 1. The average molecular weight is 314 g/mol. The van der Waals surface area contributed by atoms with Crippen molar-refractivity contribution in [1.82, 2.24) is 20.0 Å². The largest absolute Gasteiger partial charge is 0.378 e. The summed E-state index contributed by atoms with van der Waals surface area (Å²) >= 11 is 0. The molecule has 3 rings (SSSR count). The number of hydrogen-bond acceptors (Lipinski definition) is 4. The first-order chi connectivity index (χ1) is 11.2.